The molecular formula is C8H11N2+. The maximum Gasteiger partial charge on any atom is 0.281 e. The van der Waals surface area contributed by atoms with Crippen LogP contribution in [0.4, 0.5) is 0 Å². The van der Waals surface area contributed by atoms with Crippen molar-refractivity contribution in [2.75, 3.05) is 0 Å². The van der Waals surface area contributed by atoms with E-state index in [1.54, 1.807) is 0 Å². The Morgan fingerprint density at radius 2 is 2.40 bits per heavy atom. The molecule has 1 aliphatic heterocycles. The standard InChI is InChI=1S/C8H11N2/c1-7-3-4-8-9(2)5-6-10(7)8/h3-7H,1-2H3/q+1. The number of allylic oxidation sites excluding steroid dienone is 1. The molecule has 1 aliphatic rings. The van der Waals surface area contributed by atoms with Crippen molar-refractivity contribution in [2.24, 2.45) is 7.05 Å². The number of aromatic nitrogens is 2. The summed E-state index contributed by atoms with van der Waals surface area (Å²) in [5.41, 5.74) is 0. The summed E-state index contributed by atoms with van der Waals surface area (Å²) >= 11 is 0. The van der Waals surface area contributed by atoms with E-state index < -0.39 is 0 Å². The molecule has 1 unspecified atom stereocenters. The number of hydrogen-bond donors (Lipinski definition) is 0. The SMILES string of the molecule is CC1C=Cc2n1cc[n+]2C. The summed E-state index contributed by atoms with van der Waals surface area (Å²) in [6.45, 7) is 2.19. The molecule has 0 spiro atoms. The highest BCUT2D eigenvalue weighted by Gasteiger charge is 2.20. The first-order valence-electron chi connectivity index (χ1n) is 3.54. The van der Waals surface area contributed by atoms with Gasteiger partial charge in [0, 0.05) is 6.08 Å². The molecule has 2 rings (SSSR count). The van der Waals surface area contributed by atoms with Crippen molar-refractivity contribution in [1.82, 2.24) is 4.57 Å². The highest BCUT2D eigenvalue weighted by Crippen LogP contribution is 2.17. The van der Waals surface area contributed by atoms with Crippen LogP contribution in [0.5, 0.6) is 0 Å². The number of nitrogens with zero attached hydrogens (tertiary/aromatic N) is 2. The lowest BCUT2D eigenvalue weighted by Crippen LogP contribution is -2.28. The smallest absolute Gasteiger partial charge is 0.233 e. The highest BCUT2D eigenvalue weighted by atomic mass is 15.2. The van der Waals surface area contributed by atoms with Gasteiger partial charge in [-0.25, -0.2) is 9.13 Å². The molecule has 10 heavy (non-hydrogen) atoms. The van der Waals surface area contributed by atoms with Crippen LogP contribution in [0.2, 0.25) is 0 Å². The van der Waals surface area contributed by atoms with Crippen molar-refractivity contribution < 1.29 is 4.57 Å². The monoisotopic (exact) mass is 135 g/mol. The average molecular weight is 135 g/mol. The lowest BCUT2D eigenvalue weighted by Gasteiger charge is -1.94. The largest absolute Gasteiger partial charge is 0.281 e. The average Bonchev–Trinajstić information content (AvgIpc) is 2.41. The molecule has 0 N–H and O–H groups in total. The van der Waals surface area contributed by atoms with E-state index in [9.17, 15) is 0 Å². The molecule has 0 aliphatic carbocycles. The van der Waals surface area contributed by atoms with Gasteiger partial charge in [0.15, 0.2) is 0 Å². The lowest BCUT2D eigenvalue weighted by atomic mass is 10.3. The molecule has 0 aromatic carbocycles. The zero-order valence-electron chi connectivity index (χ0n) is 6.28. The second-order valence-corrected chi connectivity index (χ2v) is 2.77. The van der Waals surface area contributed by atoms with Crippen LogP contribution < -0.4 is 4.57 Å². The van der Waals surface area contributed by atoms with Gasteiger partial charge in [-0.05, 0) is 13.0 Å². The summed E-state index contributed by atoms with van der Waals surface area (Å²) in [5.74, 6) is 1.28. The molecule has 1 aromatic rings. The Morgan fingerprint density at radius 3 is 3.10 bits per heavy atom. The molecule has 1 aromatic heterocycles. The van der Waals surface area contributed by atoms with E-state index in [1.807, 2.05) is 0 Å². The van der Waals surface area contributed by atoms with Gasteiger partial charge >= 0.3 is 0 Å². The van der Waals surface area contributed by atoms with E-state index in [0.29, 0.717) is 6.04 Å². The van der Waals surface area contributed by atoms with Crippen LogP contribution in [0.1, 0.15) is 18.8 Å². The van der Waals surface area contributed by atoms with Crippen LogP contribution in [0.25, 0.3) is 6.08 Å². The van der Waals surface area contributed by atoms with Gasteiger partial charge in [0.05, 0.1) is 7.05 Å². The van der Waals surface area contributed by atoms with Gasteiger partial charge < -0.3 is 0 Å². The zero-order chi connectivity index (χ0) is 7.14. The van der Waals surface area contributed by atoms with Crippen LogP contribution in [-0.4, -0.2) is 4.57 Å². The third-order valence-corrected chi connectivity index (χ3v) is 2.04. The van der Waals surface area contributed by atoms with Crippen molar-refractivity contribution in [3.8, 4) is 0 Å². The number of rotatable bonds is 0. The fourth-order valence-corrected chi connectivity index (χ4v) is 1.37. The second kappa shape index (κ2) is 1.72. The fourth-order valence-electron chi connectivity index (χ4n) is 1.37. The molecule has 0 saturated heterocycles. The Bertz CT molecular complexity index is 283. The van der Waals surface area contributed by atoms with Gasteiger partial charge in [-0.2, -0.15) is 0 Å². The lowest BCUT2D eigenvalue weighted by molar-refractivity contribution is -0.672. The molecule has 0 bridgehead atoms. The first-order valence-corrected chi connectivity index (χ1v) is 3.54. The normalized spacial score (nSPS) is 21.6. The van der Waals surface area contributed by atoms with Crippen LogP contribution in [0.3, 0.4) is 0 Å². The topological polar surface area (TPSA) is 8.81 Å². The van der Waals surface area contributed by atoms with Crippen molar-refractivity contribution in [3.63, 3.8) is 0 Å². The second-order valence-electron chi connectivity index (χ2n) is 2.77. The molecule has 0 saturated carbocycles. The quantitative estimate of drug-likeness (QED) is 0.467. The van der Waals surface area contributed by atoms with Crippen molar-refractivity contribution >= 4 is 6.08 Å². The Balaban J connectivity index is 2.62. The molecule has 2 nitrogen and oxygen atoms in total. The molecule has 0 amide bonds. The minimum atomic E-state index is 0.538. The first-order chi connectivity index (χ1) is 4.79. The number of aryl methyl sites for hydroxylation is 1. The van der Waals surface area contributed by atoms with Crippen LogP contribution in [-0.2, 0) is 7.05 Å². The summed E-state index contributed by atoms with van der Waals surface area (Å²) in [6.07, 6.45) is 8.55. The summed E-state index contributed by atoms with van der Waals surface area (Å²) in [4.78, 5) is 0. The summed E-state index contributed by atoms with van der Waals surface area (Å²) in [5, 5.41) is 0. The third kappa shape index (κ3) is 0.561. The predicted octanol–water partition coefficient (Wildman–Crippen LogP) is 0.900. The van der Waals surface area contributed by atoms with E-state index in [4.69, 9.17) is 0 Å². The molecule has 0 fully saturated rings. The highest BCUT2D eigenvalue weighted by molar-refractivity contribution is 5.43. The van der Waals surface area contributed by atoms with Crippen LogP contribution in [0, 0.1) is 0 Å². The molecule has 2 heterocycles. The molecule has 0 radical (unpaired) electrons. The first kappa shape index (κ1) is 5.71. The maximum absolute atomic E-state index is 2.25. The van der Waals surface area contributed by atoms with Gasteiger partial charge in [-0.1, -0.05) is 0 Å². The number of imidazole rings is 1. The summed E-state index contributed by atoms with van der Waals surface area (Å²) < 4.78 is 4.38. The fraction of sp³-hybridized carbons (Fsp3) is 0.375. The Kier molecular flexibility index (Phi) is 0.982. The van der Waals surface area contributed by atoms with Crippen molar-refractivity contribution in [2.45, 2.75) is 13.0 Å². The van der Waals surface area contributed by atoms with Gasteiger partial charge in [0.25, 0.3) is 5.82 Å². The maximum atomic E-state index is 2.25. The summed E-state index contributed by atoms with van der Waals surface area (Å²) in [6, 6.07) is 0.538. The predicted molar refractivity (Wildman–Crippen MR) is 39.4 cm³/mol. The molecule has 1 atom stereocenters. The Morgan fingerprint density at radius 1 is 1.60 bits per heavy atom. The van der Waals surface area contributed by atoms with E-state index in [0.717, 1.165) is 0 Å². The Labute approximate surface area is 60.4 Å². The van der Waals surface area contributed by atoms with Crippen LogP contribution >= 0.6 is 0 Å². The zero-order valence-corrected chi connectivity index (χ0v) is 6.28. The minimum absolute atomic E-state index is 0.538. The van der Waals surface area contributed by atoms with E-state index >= 15 is 0 Å². The molecule has 52 valence electrons. The van der Waals surface area contributed by atoms with Crippen molar-refractivity contribution in [3.05, 3.63) is 24.3 Å². The van der Waals surface area contributed by atoms with E-state index in [2.05, 4.69) is 47.7 Å². The van der Waals surface area contributed by atoms with E-state index in [1.165, 1.54) is 5.82 Å². The summed E-state index contributed by atoms with van der Waals surface area (Å²) in [7, 11) is 2.06. The van der Waals surface area contributed by atoms with E-state index in [-0.39, 0.29) is 0 Å². The number of fused-ring (bicyclic) bond motifs is 1. The van der Waals surface area contributed by atoms with Crippen molar-refractivity contribution in [1.29, 1.82) is 0 Å². The number of hydrogen-bond acceptors (Lipinski definition) is 0. The Hall–Kier alpha value is -1.05. The van der Waals surface area contributed by atoms with Gasteiger partial charge in [0.2, 0.25) is 0 Å². The van der Waals surface area contributed by atoms with Gasteiger partial charge in [-0.3, -0.25) is 0 Å². The van der Waals surface area contributed by atoms with Gasteiger partial charge in [-0.15, -0.1) is 0 Å². The minimum Gasteiger partial charge on any atom is -0.233 e. The molecule has 2 heteroatoms. The molecular weight excluding hydrogens is 124 g/mol. The van der Waals surface area contributed by atoms with Crippen LogP contribution in [0.15, 0.2) is 18.5 Å². The third-order valence-electron chi connectivity index (χ3n) is 2.04. The van der Waals surface area contributed by atoms with Gasteiger partial charge in [0.1, 0.15) is 18.4 Å².